The van der Waals surface area contributed by atoms with Gasteiger partial charge in [0.15, 0.2) is 11.5 Å². The highest BCUT2D eigenvalue weighted by Gasteiger charge is 2.29. The first kappa shape index (κ1) is 19.5. The number of fused-ring (bicyclic) bond motifs is 1. The summed E-state index contributed by atoms with van der Waals surface area (Å²) in [6, 6.07) is 12.2. The molecule has 0 aliphatic carbocycles. The van der Waals surface area contributed by atoms with E-state index in [4.69, 9.17) is 14.6 Å². The number of nitrogens with one attached hydrogen (secondary N) is 1. The third kappa shape index (κ3) is 3.71. The summed E-state index contributed by atoms with van der Waals surface area (Å²) < 4.78 is 13.0. The number of carbonyl (C=O) groups excluding carboxylic acids is 1. The molecular weight excluding hydrogens is 386 g/mol. The molecule has 0 saturated heterocycles. The third-order valence-corrected chi connectivity index (χ3v) is 5.15. The molecule has 1 unspecified atom stereocenters. The lowest BCUT2D eigenvalue weighted by Gasteiger charge is -2.24. The van der Waals surface area contributed by atoms with Crippen LogP contribution in [-0.2, 0) is 18.4 Å². The average molecular weight is 407 g/mol. The van der Waals surface area contributed by atoms with Crippen LogP contribution in [0, 0.1) is 0 Å². The van der Waals surface area contributed by atoms with Crippen molar-refractivity contribution in [3.8, 4) is 11.5 Å². The van der Waals surface area contributed by atoms with Crippen molar-refractivity contribution in [2.24, 2.45) is 7.05 Å². The first-order valence-electron chi connectivity index (χ1n) is 9.41. The largest absolute Gasteiger partial charge is 0.493 e. The minimum absolute atomic E-state index is 0.0614. The quantitative estimate of drug-likeness (QED) is 0.651. The van der Waals surface area contributed by atoms with Crippen molar-refractivity contribution >= 4 is 17.7 Å². The van der Waals surface area contributed by atoms with Gasteiger partial charge in [0, 0.05) is 24.9 Å². The lowest BCUT2D eigenvalue weighted by molar-refractivity contribution is -0.116. The number of hydrogen-bond donors (Lipinski definition) is 2. The standard InChI is InChI=1S/C22H21N3O5/c1-25-21-17(11-23-25)16(10-20(26)24-21)14-6-7-18(19(9-14)29-2)30-12-13-4-3-5-15(8-13)22(27)28/h3-9,11,16H,10,12H2,1-2H3,(H,24,26)(H,27,28). The number of carboxylic acids is 1. The van der Waals surface area contributed by atoms with Crippen molar-refractivity contribution in [1.82, 2.24) is 9.78 Å². The molecule has 1 aromatic heterocycles. The SMILES string of the molecule is COc1cc(C2CC(=O)Nc3c2cnn3C)ccc1OCc1cccc(C(=O)O)c1. The second-order valence-corrected chi connectivity index (χ2v) is 7.08. The van der Waals surface area contributed by atoms with Gasteiger partial charge in [-0.25, -0.2) is 4.79 Å². The van der Waals surface area contributed by atoms with Crippen molar-refractivity contribution in [2.45, 2.75) is 18.9 Å². The van der Waals surface area contributed by atoms with Crippen molar-refractivity contribution in [1.29, 1.82) is 0 Å². The summed E-state index contributed by atoms with van der Waals surface area (Å²) in [7, 11) is 3.35. The molecule has 1 atom stereocenters. The lowest BCUT2D eigenvalue weighted by Crippen LogP contribution is -2.24. The Morgan fingerprint density at radius 1 is 1.27 bits per heavy atom. The van der Waals surface area contributed by atoms with E-state index in [1.807, 2.05) is 12.1 Å². The molecule has 1 amide bonds. The Morgan fingerprint density at radius 2 is 2.10 bits per heavy atom. The summed E-state index contributed by atoms with van der Waals surface area (Å²) in [4.78, 5) is 23.3. The van der Waals surface area contributed by atoms with Gasteiger partial charge in [-0.2, -0.15) is 5.10 Å². The van der Waals surface area contributed by atoms with Crippen LogP contribution < -0.4 is 14.8 Å². The Morgan fingerprint density at radius 3 is 2.87 bits per heavy atom. The van der Waals surface area contributed by atoms with Crippen molar-refractivity contribution in [3.05, 3.63) is 70.9 Å². The Kier molecular flexibility index (Phi) is 5.14. The van der Waals surface area contributed by atoms with Gasteiger partial charge in [-0.05, 0) is 35.4 Å². The van der Waals surface area contributed by atoms with E-state index in [2.05, 4.69) is 10.4 Å². The highest BCUT2D eigenvalue weighted by molar-refractivity contribution is 5.94. The van der Waals surface area contributed by atoms with Crippen LogP contribution in [0.3, 0.4) is 0 Å². The third-order valence-electron chi connectivity index (χ3n) is 5.15. The molecule has 3 aromatic rings. The van der Waals surface area contributed by atoms with Crippen LogP contribution in [-0.4, -0.2) is 33.9 Å². The number of carboxylic acid groups (broad SMARTS) is 1. The van der Waals surface area contributed by atoms with Crippen LogP contribution in [0.25, 0.3) is 0 Å². The minimum Gasteiger partial charge on any atom is -0.493 e. The molecule has 0 bridgehead atoms. The molecule has 0 fully saturated rings. The van der Waals surface area contributed by atoms with Gasteiger partial charge in [0.25, 0.3) is 0 Å². The Balaban J connectivity index is 1.57. The number of nitrogens with zero attached hydrogens (tertiary/aromatic N) is 2. The number of anilines is 1. The van der Waals surface area contributed by atoms with Gasteiger partial charge in [0.2, 0.25) is 5.91 Å². The minimum atomic E-state index is -0.981. The number of benzene rings is 2. The van der Waals surface area contributed by atoms with Crippen LogP contribution in [0.4, 0.5) is 5.82 Å². The molecule has 0 saturated carbocycles. The molecule has 8 heteroatoms. The zero-order valence-electron chi connectivity index (χ0n) is 16.6. The molecule has 30 heavy (non-hydrogen) atoms. The van der Waals surface area contributed by atoms with Gasteiger partial charge in [-0.15, -0.1) is 0 Å². The molecule has 0 spiro atoms. The predicted molar refractivity (Wildman–Crippen MR) is 109 cm³/mol. The number of ether oxygens (including phenoxy) is 2. The summed E-state index contributed by atoms with van der Waals surface area (Å²) in [6.45, 7) is 0.204. The smallest absolute Gasteiger partial charge is 0.335 e. The number of aromatic nitrogens is 2. The number of methoxy groups -OCH3 is 1. The summed E-state index contributed by atoms with van der Waals surface area (Å²) in [6.07, 6.45) is 2.09. The normalized spacial score (nSPS) is 15.3. The van der Waals surface area contributed by atoms with Crippen LogP contribution in [0.2, 0.25) is 0 Å². The van der Waals surface area contributed by atoms with Gasteiger partial charge in [-0.3, -0.25) is 9.48 Å². The topological polar surface area (TPSA) is 103 Å². The van der Waals surface area contributed by atoms with Crippen molar-refractivity contribution in [2.75, 3.05) is 12.4 Å². The van der Waals surface area contributed by atoms with Gasteiger partial charge in [0.05, 0.1) is 18.9 Å². The number of aryl methyl sites for hydroxylation is 1. The van der Waals surface area contributed by atoms with Crippen molar-refractivity contribution < 1.29 is 24.2 Å². The van der Waals surface area contributed by atoms with Crippen LogP contribution in [0.1, 0.15) is 39.4 Å². The summed E-state index contributed by atoms with van der Waals surface area (Å²) >= 11 is 0. The van der Waals surface area contributed by atoms with Crippen molar-refractivity contribution in [3.63, 3.8) is 0 Å². The number of amides is 1. The molecule has 8 nitrogen and oxygen atoms in total. The van der Waals surface area contributed by atoms with Gasteiger partial charge < -0.3 is 19.9 Å². The van der Waals surface area contributed by atoms with E-state index in [1.54, 1.807) is 49.3 Å². The first-order valence-corrected chi connectivity index (χ1v) is 9.41. The van der Waals surface area contributed by atoms with Crippen LogP contribution in [0.15, 0.2) is 48.7 Å². The zero-order chi connectivity index (χ0) is 21.3. The van der Waals surface area contributed by atoms with Gasteiger partial charge >= 0.3 is 5.97 Å². The lowest BCUT2D eigenvalue weighted by atomic mass is 9.87. The number of rotatable bonds is 6. The number of aromatic carboxylic acids is 1. The first-order chi connectivity index (χ1) is 14.5. The number of hydrogen-bond acceptors (Lipinski definition) is 5. The van der Waals surface area contributed by atoms with E-state index in [0.717, 1.165) is 16.7 Å². The molecule has 2 aromatic carbocycles. The Labute approximate surface area is 173 Å². The van der Waals surface area contributed by atoms with E-state index in [9.17, 15) is 9.59 Å². The van der Waals surface area contributed by atoms with Gasteiger partial charge in [-0.1, -0.05) is 18.2 Å². The van der Waals surface area contributed by atoms with E-state index in [-0.39, 0.29) is 24.0 Å². The fraction of sp³-hybridized carbons (Fsp3) is 0.227. The molecule has 0 radical (unpaired) electrons. The maximum absolute atomic E-state index is 12.2. The highest BCUT2D eigenvalue weighted by atomic mass is 16.5. The molecule has 1 aliphatic heterocycles. The molecule has 4 rings (SSSR count). The second-order valence-electron chi connectivity index (χ2n) is 7.08. The highest BCUT2D eigenvalue weighted by Crippen LogP contribution is 2.40. The van der Waals surface area contributed by atoms with Crippen LogP contribution >= 0.6 is 0 Å². The predicted octanol–water partition coefficient (Wildman–Crippen LogP) is 3.18. The van der Waals surface area contributed by atoms with E-state index in [1.165, 1.54) is 6.07 Å². The molecule has 2 heterocycles. The zero-order valence-corrected chi connectivity index (χ0v) is 16.6. The van der Waals surface area contributed by atoms with Crippen LogP contribution in [0.5, 0.6) is 11.5 Å². The Hall–Kier alpha value is -3.81. The average Bonchev–Trinajstić information content (AvgIpc) is 3.12. The molecular formula is C22H21N3O5. The fourth-order valence-electron chi connectivity index (χ4n) is 3.61. The fourth-order valence-corrected chi connectivity index (χ4v) is 3.61. The molecule has 1 aliphatic rings. The van der Waals surface area contributed by atoms with E-state index < -0.39 is 5.97 Å². The molecule has 2 N–H and O–H groups in total. The maximum Gasteiger partial charge on any atom is 0.335 e. The van der Waals surface area contributed by atoms with E-state index >= 15 is 0 Å². The summed E-state index contributed by atoms with van der Waals surface area (Å²) in [5.74, 6) is 0.609. The Bertz CT molecular complexity index is 1120. The maximum atomic E-state index is 12.2. The summed E-state index contributed by atoms with van der Waals surface area (Å²) in [5.41, 5.74) is 2.83. The summed E-state index contributed by atoms with van der Waals surface area (Å²) in [5, 5.41) is 16.2. The van der Waals surface area contributed by atoms with Gasteiger partial charge in [0.1, 0.15) is 12.4 Å². The number of carbonyl (C=O) groups is 2. The van der Waals surface area contributed by atoms with E-state index in [0.29, 0.717) is 23.7 Å². The molecule has 154 valence electrons. The second kappa shape index (κ2) is 7.90. The monoisotopic (exact) mass is 407 g/mol.